The van der Waals surface area contributed by atoms with Gasteiger partial charge in [-0.3, -0.25) is 4.79 Å². The summed E-state index contributed by atoms with van der Waals surface area (Å²) < 4.78 is 13.3. The number of fused-ring (bicyclic) bond motifs is 1. The minimum absolute atomic E-state index is 0.0260. The van der Waals surface area contributed by atoms with Crippen molar-refractivity contribution in [2.45, 2.75) is 13.0 Å². The Morgan fingerprint density at radius 2 is 2.06 bits per heavy atom. The second kappa shape index (κ2) is 6.23. The maximum absolute atomic E-state index is 13.3. The van der Waals surface area contributed by atoms with Crippen molar-refractivity contribution in [2.75, 3.05) is 14.1 Å². The first kappa shape index (κ1) is 14.3. The smallest absolute Gasteiger partial charge is 0.261 e. The highest BCUT2D eigenvalue weighted by Crippen LogP contribution is 2.12. The van der Waals surface area contributed by atoms with E-state index in [1.807, 2.05) is 14.1 Å². The molecule has 1 heterocycles. The van der Waals surface area contributed by atoms with E-state index in [9.17, 15) is 9.18 Å². The molecule has 4 N–H and O–H groups in total. The zero-order valence-corrected chi connectivity index (χ0v) is 10.6. The van der Waals surface area contributed by atoms with Crippen molar-refractivity contribution >= 4 is 10.9 Å². The Hall–Kier alpha value is -1.79. The van der Waals surface area contributed by atoms with Crippen LogP contribution < -0.4 is 16.6 Å². The molecule has 0 amide bonds. The topological polar surface area (TPSA) is 83.8 Å². The number of rotatable bonds is 1. The second-order valence-electron chi connectivity index (χ2n) is 3.87. The van der Waals surface area contributed by atoms with Crippen molar-refractivity contribution in [3.05, 3.63) is 40.2 Å². The lowest BCUT2D eigenvalue weighted by atomic mass is 10.2. The van der Waals surface area contributed by atoms with Crippen molar-refractivity contribution in [2.24, 2.45) is 5.73 Å². The van der Waals surface area contributed by atoms with Crippen LogP contribution in [-0.2, 0) is 0 Å². The normalized spacial score (nSPS) is 11.8. The van der Waals surface area contributed by atoms with Gasteiger partial charge in [-0.1, -0.05) is 6.07 Å². The third kappa shape index (κ3) is 3.12. The molecule has 5 nitrogen and oxygen atoms in total. The number of benzene rings is 1. The lowest BCUT2D eigenvalue weighted by Gasteiger charge is -2.05. The Balaban J connectivity index is 0.000000492. The summed E-state index contributed by atoms with van der Waals surface area (Å²) in [6.45, 7) is 1.70. The van der Waals surface area contributed by atoms with Crippen LogP contribution in [-0.4, -0.2) is 24.1 Å². The minimum Gasteiger partial charge on any atom is -0.323 e. The molecule has 18 heavy (non-hydrogen) atoms. The molecule has 98 valence electrons. The van der Waals surface area contributed by atoms with Crippen LogP contribution in [0.2, 0.25) is 0 Å². The molecule has 0 saturated carbocycles. The number of H-pyrrole nitrogens is 1. The average molecular weight is 252 g/mol. The van der Waals surface area contributed by atoms with Crippen LogP contribution in [0.25, 0.3) is 10.9 Å². The Kier molecular flexibility index (Phi) is 4.94. The van der Waals surface area contributed by atoms with E-state index in [1.165, 1.54) is 12.1 Å². The van der Waals surface area contributed by atoms with Crippen LogP contribution in [0.5, 0.6) is 0 Å². The number of aromatic nitrogens is 2. The van der Waals surface area contributed by atoms with Gasteiger partial charge in [-0.25, -0.2) is 9.37 Å². The summed E-state index contributed by atoms with van der Waals surface area (Å²) in [5.74, 6) is -0.212. The van der Waals surface area contributed by atoms with Gasteiger partial charge in [0.2, 0.25) is 0 Å². The quantitative estimate of drug-likeness (QED) is 0.704. The van der Waals surface area contributed by atoms with Gasteiger partial charge >= 0.3 is 0 Å². The van der Waals surface area contributed by atoms with E-state index in [-0.39, 0.29) is 11.4 Å². The van der Waals surface area contributed by atoms with E-state index in [2.05, 4.69) is 15.3 Å². The van der Waals surface area contributed by atoms with Gasteiger partial charge in [-0.15, -0.1) is 0 Å². The maximum atomic E-state index is 13.3. The van der Waals surface area contributed by atoms with Gasteiger partial charge in [0.05, 0.1) is 11.6 Å². The third-order valence-corrected chi connectivity index (χ3v) is 2.13. The van der Waals surface area contributed by atoms with Crippen molar-refractivity contribution < 1.29 is 4.39 Å². The molecule has 0 spiro atoms. The first-order valence-electron chi connectivity index (χ1n) is 5.53. The number of nitrogens with one attached hydrogen (secondary N) is 2. The van der Waals surface area contributed by atoms with Gasteiger partial charge in [0.1, 0.15) is 17.0 Å². The molecule has 0 aliphatic carbocycles. The first-order chi connectivity index (χ1) is 8.51. The van der Waals surface area contributed by atoms with Crippen LogP contribution in [0, 0.1) is 5.82 Å². The Morgan fingerprint density at radius 1 is 1.44 bits per heavy atom. The lowest BCUT2D eigenvalue weighted by Crippen LogP contribution is -2.18. The number of nitrogens with zero attached hydrogens (tertiary/aromatic N) is 1. The van der Waals surface area contributed by atoms with Gasteiger partial charge in [-0.2, -0.15) is 0 Å². The lowest BCUT2D eigenvalue weighted by molar-refractivity contribution is 0.637. The molecule has 6 heteroatoms. The first-order valence-corrected chi connectivity index (χ1v) is 5.53. The summed E-state index contributed by atoms with van der Waals surface area (Å²) in [6, 6.07) is 3.93. The molecule has 0 aliphatic heterocycles. The van der Waals surface area contributed by atoms with E-state index in [4.69, 9.17) is 5.73 Å². The fraction of sp³-hybridized carbons (Fsp3) is 0.333. The molecule has 0 fully saturated rings. The number of aromatic amines is 1. The number of hydrogen-bond donors (Lipinski definition) is 3. The summed E-state index contributed by atoms with van der Waals surface area (Å²) >= 11 is 0. The predicted octanol–water partition coefficient (Wildman–Crippen LogP) is 0.917. The number of nitrogens with two attached hydrogens (primary N) is 1. The summed E-state index contributed by atoms with van der Waals surface area (Å²) in [4.78, 5) is 18.1. The van der Waals surface area contributed by atoms with Gasteiger partial charge in [0.25, 0.3) is 5.56 Å². The van der Waals surface area contributed by atoms with Crippen molar-refractivity contribution in [1.82, 2.24) is 15.3 Å². The van der Waals surface area contributed by atoms with E-state index in [0.717, 1.165) is 0 Å². The highest BCUT2D eigenvalue weighted by Gasteiger charge is 2.09. The van der Waals surface area contributed by atoms with Crippen LogP contribution in [0.15, 0.2) is 23.0 Å². The largest absolute Gasteiger partial charge is 0.323 e. The van der Waals surface area contributed by atoms with Gasteiger partial charge in [-0.05, 0) is 33.2 Å². The highest BCUT2D eigenvalue weighted by atomic mass is 19.1. The molecule has 0 radical (unpaired) electrons. The monoisotopic (exact) mass is 252 g/mol. The SMILES string of the molecule is CNC.C[C@H](N)c1nc2cccc(F)c2c(=O)[nH]1. The molecule has 0 unspecified atom stereocenters. The van der Waals surface area contributed by atoms with Gasteiger partial charge < -0.3 is 16.0 Å². The zero-order chi connectivity index (χ0) is 13.7. The number of halogens is 1. The summed E-state index contributed by atoms with van der Waals surface area (Å²) in [7, 11) is 3.75. The summed E-state index contributed by atoms with van der Waals surface area (Å²) in [5.41, 5.74) is 5.42. The Labute approximate surface area is 104 Å². The van der Waals surface area contributed by atoms with Crippen molar-refractivity contribution in [3.8, 4) is 0 Å². The minimum atomic E-state index is -0.572. The van der Waals surface area contributed by atoms with E-state index >= 15 is 0 Å². The molecular weight excluding hydrogens is 235 g/mol. The predicted molar refractivity (Wildman–Crippen MR) is 69.9 cm³/mol. The molecule has 1 aromatic heterocycles. The molecular formula is C12H17FN4O. The Morgan fingerprint density at radius 3 is 2.61 bits per heavy atom. The van der Waals surface area contributed by atoms with Gasteiger partial charge in [0, 0.05) is 0 Å². The molecule has 2 aromatic rings. The molecule has 0 saturated heterocycles. The third-order valence-electron chi connectivity index (χ3n) is 2.13. The van der Waals surface area contributed by atoms with Crippen molar-refractivity contribution in [3.63, 3.8) is 0 Å². The average Bonchev–Trinajstić information content (AvgIpc) is 2.29. The van der Waals surface area contributed by atoms with Crippen LogP contribution in [0.4, 0.5) is 4.39 Å². The van der Waals surface area contributed by atoms with Crippen molar-refractivity contribution in [1.29, 1.82) is 0 Å². The highest BCUT2D eigenvalue weighted by molar-refractivity contribution is 5.77. The summed E-state index contributed by atoms with van der Waals surface area (Å²) in [5, 5.41) is 2.72. The molecule has 1 atom stereocenters. The summed E-state index contributed by atoms with van der Waals surface area (Å²) in [6.07, 6.45) is 0. The standard InChI is InChI=1S/C10H10FN3O.C2H7N/c1-5(12)9-13-7-4-2-3-6(11)8(7)10(15)14-9;1-3-2/h2-5H,12H2,1H3,(H,13,14,15);3H,1-2H3/t5-;/m0./s1. The molecule has 2 rings (SSSR count). The molecule has 1 aromatic carbocycles. The van der Waals surface area contributed by atoms with E-state index in [1.54, 1.807) is 13.0 Å². The maximum Gasteiger partial charge on any atom is 0.261 e. The fourth-order valence-corrected chi connectivity index (χ4v) is 1.38. The second-order valence-corrected chi connectivity index (χ2v) is 3.87. The van der Waals surface area contributed by atoms with Crippen LogP contribution >= 0.6 is 0 Å². The molecule has 0 aliphatic rings. The van der Waals surface area contributed by atoms with E-state index < -0.39 is 11.4 Å². The van der Waals surface area contributed by atoms with Gasteiger partial charge in [0.15, 0.2) is 0 Å². The molecule has 0 bridgehead atoms. The van der Waals surface area contributed by atoms with Crippen LogP contribution in [0.3, 0.4) is 0 Å². The fourth-order valence-electron chi connectivity index (χ4n) is 1.38. The van der Waals surface area contributed by atoms with E-state index in [0.29, 0.717) is 11.3 Å². The Bertz CT molecular complexity index is 580. The number of hydrogen-bond acceptors (Lipinski definition) is 4. The van der Waals surface area contributed by atoms with Crippen LogP contribution in [0.1, 0.15) is 18.8 Å². The zero-order valence-electron chi connectivity index (χ0n) is 10.6.